The molecule has 3 amide bonds. The van der Waals surface area contributed by atoms with E-state index in [1.165, 1.54) is 4.90 Å². The molecule has 0 saturated carbocycles. The molecule has 3 aliphatic rings. The van der Waals surface area contributed by atoms with Gasteiger partial charge in [0.2, 0.25) is 0 Å². The second-order valence-electron chi connectivity index (χ2n) is 9.14. The minimum Gasteiger partial charge on any atom is -0.497 e. The van der Waals surface area contributed by atoms with Gasteiger partial charge in [-0.15, -0.1) is 0 Å². The molecule has 4 atom stereocenters. The first-order valence-electron chi connectivity index (χ1n) is 11.2. The lowest BCUT2D eigenvalue weighted by Gasteiger charge is -2.46. The molecular formula is C24H27Cl2N5O3. The van der Waals surface area contributed by atoms with Gasteiger partial charge in [-0.2, -0.15) is 0 Å². The number of ether oxygens (including phenoxy) is 1. The minimum absolute atomic E-state index is 0.0947. The fraction of sp³-hybridized carbons (Fsp3) is 0.417. The van der Waals surface area contributed by atoms with Crippen LogP contribution in [0, 0.1) is 5.92 Å². The molecule has 10 heteroatoms. The van der Waals surface area contributed by atoms with Crippen LogP contribution in [0.4, 0.5) is 10.5 Å². The van der Waals surface area contributed by atoms with Crippen molar-refractivity contribution in [2.45, 2.75) is 32.0 Å². The van der Waals surface area contributed by atoms with E-state index in [4.69, 9.17) is 27.9 Å². The van der Waals surface area contributed by atoms with Crippen molar-refractivity contribution in [1.29, 1.82) is 0 Å². The standard InChI is InChI=1S/C24H27Cl2N5O3/c1-14-11-29(17-6-8-18(34-3)9-7-17)23-27-21-20(30(23)12-14)22(32)31(24(33)28(21)2)13-15-4-5-16(25)10-19(15)26/h4-10,14,20-21,23,27H,11-13H2,1-3H3. The lowest BCUT2D eigenvalue weighted by Crippen LogP contribution is -2.66. The molecule has 0 aliphatic carbocycles. The molecular weight excluding hydrogens is 477 g/mol. The number of carbonyl (C=O) groups excluding carboxylic acids is 2. The maximum Gasteiger partial charge on any atom is 0.328 e. The van der Waals surface area contributed by atoms with E-state index < -0.39 is 12.2 Å². The summed E-state index contributed by atoms with van der Waals surface area (Å²) in [6, 6.07) is 12.1. The summed E-state index contributed by atoms with van der Waals surface area (Å²) in [5.41, 5.74) is 1.70. The van der Waals surface area contributed by atoms with Gasteiger partial charge in [-0.25, -0.2) is 4.79 Å². The second kappa shape index (κ2) is 8.92. The number of rotatable bonds is 4. The number of amides is 3. The lowest BCUT2D eigenvalue weighted by atomic mass is 10.0. The highest BCUT2D eigenvalue weighted by molar-refractivity contribution is 6.35. The monoisotopic (exact) mass is 503 g/mol. The number of carbonyl (C=O) groups is 2. The number of imide groups is 1. The van der Waals surface area contributed by atoms with Crippen molar-refractivity contribution >= 4 is 40.8 Å². The molecule has 2 aromatic carbocycles. The summed E-state index contributed by atoms with van der Waals surface area (Å²) in [4.78, 5) is 34.3. The van der Waals surface area contributed by atoms with E-state index in [1.807, 2.05) is 24.3 Å². The number of benzene rings is 2. The largest absolute Gasteiger partial charge is 0.497 e. The highest BCUT2D eigenvalue weighted by atomic mass is 35.5. The summed E-state index contributed by atoms with van der Waals surface area (Å²) in [5, 5.41) is 4.47. The molecule has 3 fully saturated rings. The van der Waals surface area contributed by atoms with Crippen molar-refractivity contribution in [3.63, 3.8) is 0 Å². The molecule has 34 heavy (non-hydrogen) atoms. The number of nitrogens with one attached hydrogen (secondary N) is 1. The Morgan fingerprint density at radius 2 is 1.82 bits per heavy atom. The molecule has 0 radical (unpaired) electrons. The van der Waals surface area contributed by atoms with Gasteiger partial charge in [0.15, 0.2) is 0 Å². The smallest absolute Gasteiger partial charge is 0.328 e. The van der Waals surface area contributed by atoms with E-state index in [9.17, 15) is 9.59 Å². The van der Waals surface area contributed by atoms with E-state index in [0.717, 1.165) is 24.5 Å². The van der Waals surface area contributed by atoms with Crippen LogP contribution in [0.1, 0.15) is 12.5 Å². The Labute approximate surface area is 208 Å². The van der Waals surface area contributed by atoms with Crippen LogP contribution < -0.4 is 15.0 Å². The van der Waals surface area contributed by atoms with Crippen LogP contribution in [0.3, 0.4) is 0 Å². The number of fused-ring (bicyclic) bond motifs is 3. The van der Waals surface area contributed by atoms with Crippen molar-refractivity contribution in [1.82, 2.24) is 20.0 Å². The average Bonchev–Trinajstić information content (AvgIpc) is 3.21. The van der Waals surface area contributed by atoms with Gasteiger partial charge in [0.1, 0.15) is 24.2 Å². The highest BCUT2D eigenvalue weighted by Crippen LogP contribution is 2.35. The van der Waals surface area contributed by atoms with Gasteiger partial charge >= 0.3 is 6.03 Å². The van der Waals surface area contributed by atoms with Crippen LogP contribution in [0.15, 0.2) is 42.5 Å². The zero-order chi connectivity index (χ0) is 24.1. The van der Waals surface area contributed by atoms with Crippen LogP contribution in [-0.2, 0) is 11.3 Å². The van der Waals surface area contributed by atoms with Crippen LogP contribution in [0.25, 0.3) is 0 Å². The Bertz CT molecular complexity index is 1110. The van der Waals surface area contributed by atoms with Crippen molar-refractivity contribution in [2.24, 2.45) is 5.92 Å². The van der Waals surface area contributed by atoms with E-state index >= 15 is 0 Å². The molecule has 0 aromatic heterocycles. The van der Waals surface area contributed by atoms with Crippen LogP contribution in [-0.4, -0.2) is 72.4 Å². The first-order valence-corrected chi connectivity index (χ1v) is 12.0. The number of methoxy groups -OCH3 is 1. The summed E-state index contributed by atoms with van der Waals surface area (Å²) in [6.07, 6.45) is -0.633. The zero-order valence-corrected chi connectivity index (χ0v) is 20.8. The first kappa shape index (κ1) is 23.2. The predicted octanol–water partition coefficient (Wildman–Crippen LogP) is 3.44. The summed E-state index contributed by atoms with van der Waals surface area (Å²) < 4.78 is 5.30. The molecule has 2 aromatic rings. The SMILES string of the molecule is COc1ccc(N2CC(C)CN3C4C(=O)N(Cc5ccc(Cl)cc5Cl)C(=O)N(C)C4NC23)cc1. The number of anilines is 1. The summed E-state index contributed by atoms with van der Waals surface area (Å²) >= 11 is 12.4. The third kappa shape index (κ3) is 3.88. The Morgan fingerprint density at radius 1 is 1.09 bits per heavy atom. The maximum atomic E-state index is 13.7. The van der Waals surface area contributed by atoms with E-state index in [0.29, 0.717) is 21.5 Å². The molecule has 0 bridgehead atoms. The third-order valence-corrected chi connectivity index (χ3v) is 7.42. The van der Waals surface area contributed by atoms with Gasteiger partial charge in [0.25, 0.3) is 5.91 Å². The van der Waals surface area contributed by atoms with Crippen molar-refractivity contribution in [3.8, 4) is 5.75 Å². The van der Waals surface area contributed by atoms with Gasteiger partial charge in [0, 0.05) is 35.9 Å². The van der Waals surface area contributed by atoms with Crippen molar-refractivity contribution in [2.75, 3.05) is 32.1 Å². The number of likely N-dealkylation sites (N-methyl/N-ethyl adjacent to an activating group) is 1. The second-order valence-corrected chi connectivity index (χ2v) is 9.98. The normalized spacial score (nSPS) is 27.1. The molecule has 0 spiro atoms. The molecule has 1 N–H and O–H groups in total. The fourth-order valence-electron chi connectivity index (χ4n) is 5.16. The average molecular weight is 504 g/mol. The summed E-state index contributed by atoms with van der Waals surface area (Å²) in [6.45, 7) is 3.84. The predicted molar refractivity (Wildman–Crippen MR) is 131 cm³/mol. The van der Waals surface area contributed by atoms with Gasteiger partial charge in [-0.1, -0.05) is 36.2 Å². The molecule has 4 unspecified atom stereocenters. The summed E-state index contributed by atoms with van der Waals surface area (Å²) in [5.74, 6) is 0.891. The molecule has 180 valence electrons. The molecule has 3 saturated heterocycles. The molecule has 3 aliphatic heterocycles. The number of nitrogens with zero attached hydrogens (tertiary/aromatic N) is 4. The van der Waals surface area contributed by atoms with E-state index in [2.05, 4.69) is 22.0 Å². The number of hydrogen-bond acceptors (Lipinski definition) is 6. The van der Waals surface area contributed by atoms with Gasteiger partial charge in [-0.05, 0) is 47.9 Å². The van der Waals surface area contributed by atoms with Crippen molar-refractivity contribution in [3.05, 3.63) is 58.1 Å². The topological polar surface area (TPSA) is 68.4 Å². The van der Waals surface area contributed by atoms with E-state index in [-0.39, 0.29) is 24.8 Å². The maximum absolute atomic E-state index is 13.7. The Hall–Kier alpha value is -2.52. The quantitative estimate of drug-likeness (QED) is 0.689. The number of hydrogen-bond donors (Lipinski definition) is 1. The third-order valence-electron chi connectivity index (χ3n) is 6.83. The fourth-order valence-corrected chi connectivity index (χ4v) is 5.63. The van der Waals surface area contributed by atoms with Crippen molar-refractivity contribution < 1.29 is 14.3 Å². The highest BCUT2D eigenvalue weighted by Gasteiger charge is 2.56. The van der Waals surface area contributed by atoms with Gasteiger partial charge in [0.05, 0.1) is 13.7 Å². The number of halogens is 2. The minimum atomic E-state index is -0.498. The Kier molecular flexibility index (Phi) is 6.10. The zero-order valence-electron chi connectivity index (χ0n) is 19.2. The summed E-state index contributed by atoms with van der Waals surface area (Å²) in [7, 11) is 3.37. The number of urea groups is 1. The van der Waals surface area contributed by atoms with E-state index in [1.54, 1.807) is 37.3 Å². The van der Waals surface area contributed by atoms with Gasteiger partial charge < -0.3 is 14.5 Å². The first-order chi connectivity index (χ1) is 16.3. The van der Waals surface area contributed by atoms with Gasteiger partial charge in [-0.3, -0.25) is 19.9 Å². The molecule has 3 heterocycles. The molecule has 5 rings (SSSR count). The molecule has 8 nitrogen and oxygen atoms in total. The Balaban J connectivity index is 1.44. The van der Waals surface area contributed by atoms with Crippen LogP contribution in [0.2, 0.25) is 10.0 Å². The van der Waals surface area contributed by atoms with Crippen LogP contribution >= 0.6 is 23.2 Å². The van der Waals surface area contributed by atoms with Crippen LogP contribution in [0.5, 0.6) is 5.75 Å². The Morgan fingerprint density at radius 3 is 2.50 bits per heavy atom. The lowest BCUT2D eigenvalue weighted by molar-refractivity contribution is -0.139.